The Balaban J connectivity index is 1.57. The molecule has 9 nitrogen and oxygen atoms in total. The van der Waals surface area contributed by atoms with E-state index in [1.807, 2.05) is 19.1 Å². The van der Waals surface area contributed by atoms with Gasteiger partial charge in [-0.1, -0.05) is 42.5 Å². The average Bonchev–Trinajstić information content (AvgIpc) is 2.88. The number of piperidine rings is 1. The second-order valence-electron chi connectivity index (χ2n) is 9.00. The number of aryl methyl sites for hydroxylation is 1. The first kappa shape index (κ1) is 26.6. The second-order valence-corrected chi connectivity index (χ2v) is 10.7. The number of benzene rings is 3. The third-order valence-corrected chi connectivity index (χ3v) is 8.14. The molecule has 196 valence electrons. The minimum absolute atomic E-state index is 0.0883. The zero-order valence-corrected chi connectivity index (χ0v) is 21.6. The van der Waals surface area contributed by atoms with Crippen molar-refractivity contribution >= 4 is 38.5 Å². The Bertz CT molecular complexity index is 1410. The van der Waals surface area contributed by atoms with E-state index in [0.717, 1.165) is 5.56 Å². The molecule has 0 radical (unpaired) electrons. The van der Waals surface area contributed by atoms with Gasteiger partial charge in [-0.3, -0.25) is 4.79 Å². The highest BCUT2D eigenvalue weighted by Crippen LogP contribution is 2.31. The molecule has 0 aromatic heterocycles. The summed E-state index contributed by atoms with van der Waals surface area (Å²) in [5, 5.41) is 13.8. The summed E-state index contributed by atoms with van der Waals surface area (Å²) in [5.74, 6) is -0.277. The van der Waals surface area contributed by atoms with E-state index in [2.05, 4.69) is 10.0 Å². The summed E-state index contributed by atoms with van der Waals surface area (Å²) in [6, 6.07) is 16.3. The number of nitrogens with one attached hydrogen (secondary N) is 2. The van der Waals surface area contributed by atoms with Crippen molar-refractivity contribution in [2.45, 2.75) is 43.7 Å². The molecule has 0 saturated carbocycles. The smallest absolute Gasteiger partial charge is 0.410 e. The van der Waals surface area contributed by atoms with Crippen LogP contribution in [0.1, 0.15) is 35.7 Å². The van der Waals surface area contributed by atoms with Gasteiger partial charge in [0.1, 0.15) is 0 Å². The number of carbonyl (C=O) groups is 2. The van der Waals surface area contributed by atoms with Crippen molar-refractivity contribution < 1.29 is 27.9 Å². The monoisotopic (exact) mass is 525 g/mol. The first-order valence-corrected chi connectivity index (χ1v) is 13.7. The Morgan fingerprint density at radius 3 is 2.46 bits per heavy atom. The normalized spacial score (nSPS) is 18.0. The lowest BCUT2D eigenvalue weighted by molar-refractivity contribution is 0.0510. The van der Waals surface area contributed by atoms with Crippen molar-refractivity contribution in [2.75, 3.05) is 25.1 Å². The van der Waals surface area contributed by atoms with Crippen molar-refractivity contribution in [1.29, 1.82) is 0 Å². The minimum Gasteiger partial charge on any atom is -0.450 e. The number of nitrogens with zero attached hydrogens (tertiary/aromatic N) is 1. The van der Waals surface area contributed by atoms with Crippen molar-refractivity contribution in [3.8, 4) is 0 Å². The Kier molecular flexibility index (Phi) is 8.11. The summed E-state index contributed by atoms with van der Waals surface area (Å²) in [6.07, 6.45) is 0.130. The first-order valence-electron chi connectivity index (χ1n) is 12.2. The lowest BCUT2D eigenvalue weighted by Crippen LogP contribution is -2.53. The van der Waals surface area contributed by atoms with Gasteiger partial charge in [-0.25, -0.2) is 17.9 Å². The van der Waals surface area contributed by atoms with Crippen LogP contribution in [-0.4, -0.2) is 62.3 Å². The molecular weight excluding hydrogens is 494 g/mol. The highest BCUT2D eigenvalue weighted by molar-refractivity contribution is 7.89. The molecule has 3 aromatic carbocycles. The third kappa shape index (κ3) is 5.76. The molecule has 3 N–H and O–H groups in total. The number of rotatable bonds is 7. The predicted octanol–water partition coefficient (Wildman–Crippen LogP) is 3.66. The molecule has 2 amide bonds. The summed E-state index contributed by atoms with van der Waals surface area (Å²) < 4.78 is 34.7. The van der Waals surface area contributed by atoms with Crippen LogP contribution in [0, 0.1) is 6.92 Å². The summed E-state index contributed by atoms with van der Waals surface area (Å²) in [5.41, 5.74) is 1.88. The zero-order valence-electron chi connectivity index (χ0n) is 20.8. The highest BCUT2D eigenvalue weighted by Gasteiger charge is 2.34. The van der Waals surface area contributed by atoms with Crippen LogP contribution in [0.25, 0.3) is 10.8 Å². The fraction of sp³-hybridized carbons (Fsp3) is 0.333. The van der Waals surface area contributed by atoms with Crippen molar-refractivity contribution in [3.63, 3.8) is 0 Å². The molecule has 3 aromatic rings. The van der Waals surface area contributed by atoms with E-state index in [4.69, 9.17) is 4.74 Å². The summed E-state index contributed by atoms with van der Waals surface area (Å²) in [7, 11) is -3.95. The lowest BCUT2D eigenvalue weighted by atomic mass is 9.99. The molecule has 1 fully saturated rings. The largest absolute Gasteiger partial charge is 0.450 e. The van der Waals surface area contributed by atoms with Gasteiger partial charge in [-0.15, -0.1) is 0 Å². The highest BCUT2D eigenvalue weighted by atomic mass is 32.2. The minimum atomic E-state index is -3.95. The van der Waals surface area contributed by atoms with Gasteiger partial charge in [0.05, 0.1) is 24.2 Å². The van der Waals surface area contributed by atoms with Gasteiger partial charge in [-0.05, 0) is 50.5 Å². The number of carbonyl (C=O) groups excluding carboxylic acids is 2. The third-order valence-electron chi connectivity index (χ3n) is 6.56. The first-order chi connectivity index (χ1) is 17.7. The van der Waals surface area contributed by atoms with E-state index in [-0.39, 0.29) is 37.0 Å². The predicted molar refractivity (Wildman–Crippen MR) is 141 cm³/mol. The van der Waals surface area contributed by atoms with Crippen LogP contribution < -0.4 is 10.0 Å². The topological polar surface area (TPSA) is 125 Å². The van der Waals surface area contributed by atoms with Crippen LogP contribution in [-0.2, 0) is 14.8 Å². The fourth-order valence-electron chi connectivity index (χ4n) is 4.69. The number of fused-ring (bicyclic) bond motifs is 1. The number of hydrogen-bond acceptors (Lipinski definition) is 6. The van der Waals surface area contributed by atoms with Gasteiger partial charge in [0.25, 0.3) is 5.91 Å². The quantitative estimate of drug-likeness (QED) is 0.432. The molecular formula is C27H31N3O6S. The molecule has 2 unspecified atom stereocenters. The number of amides is 2. The molecule has 0 aliphatic carbocycles. The Labute approximate surface area is 216 Å². The number of hydrogen-bond donors (Lipinski definition) is 3. The summed E-state index contributed by atoms with van der Waals surface area (Å²) in [6.45, 7) is 3.75. The zero-order chi connectivity index (χ0) is 26.6. The van der Waals surface area contributed by atoms with Gasteiger partial charge in [0.15, 0.2) is 0 Å². The number of aliphatic hydroxyl groups excluding tert-OH is 1. The summed E-state index contributed by atoms with van der Waals surface area (Å²) in [4.78, 5) is 26.6. The molecule has 2 atom stereocenters. The van der Waals surface area contributed by atoms with Gasteiger partial charge >= 0.3 is 6.09 Å². The van der Waals surface area contributed by atoms with E-state index in [9.17, 15) is 23.1 Å². The number of anilines is 1. The Morgan fingerprint density at radius 1 is 1.05 bits per heavy atom. The van der Waals surface area contributed by atoms with E-state index < -0.39 is 28.2 Å². The number of sulfonamides is 1. The standard InChI is InChI=1S/C27H31N3O6S/c1-3-36-27(33)30-15-14-19(16-20(30)17-31)29-37(34,35)25-13-12-24(22-10-6-7-11-23(22)25)28-26(32)21-9-5-4-8-18(21)2/h4-13,19-20,29,31H,3,14-17H2,1-2H3,(H,28,32). The van der Waals surface area contributed by atoms with Crippen LogP contribution in [0.2, 0.25) is 0 Å². The molecule has 1 aliphatic heterocycles. The SMILES string of the molecule is CCOC(=O)N1CCC(NS(=O)(=O)c2ccc(NC(=O)c3ccccc3C)c3ccccc23)CC1CO. The molecule has 1 heterocycles. The maximum atomic E-state index is 13.5. The molecule has 37 heavy (non-hydrogen) atoms. The molecule has 1 aliphatic rings. The number of likely N-dealkylation sites (tertiary alicyclic amines) is 1. The van der Waals surface area contributed by atoms with Crippen molar-refractivity contribution in [2.24, 2.45) is 0 Å². The maximum absolute atomic E-state index is 13.5. The van der Waals surface area contributed by atoms with E-state index >= 15 is 0 Å². The van der Waals surface area contributed by atoms with Gasteiger partial charge in [0.2, 0.25) is 10.0 Å². The van der Waals surface area contributed by atoms with E-state index in [1.165, 1.54) is 11.0 Å². The van der Waals surface area contributed by atoms with E-state index in [1.54, 1.807) is 49.4 Å². The molecule has 1 saturated heterocycles. The molecule has 0 bridgehead atoms. The van der Waals surface area contributed by atoms with Gasteiger partial charge in [-0.2, -0.15) is 0 Å². The van der Waals surface area contributed by atoms with Crippen LogP contribution >= 0.6 is 0 Å². The molecule has 10 heteroatoms. The van der Waals surface area contributed by atoms with Crippen LogP contribution in [0.5, 0.6) is 0 Å². The van der Waals surface area contributed by atoms with Gasteiger partial charge < -0.3 is 20.1 Å². The van der Waals surface area contributed by atoms with Crippen molar-refractivity contribution in [3.05, 3.63) is 71.8 Å². The maximum Gasteiger partial charge on any atom is 0.410 e. The van der Waals surface area contributed by atoms with Crippen molar-refractivity contribution in [1.82, 2.24) is 9.62 Å². The fourth-order valence-corrected chi connectivity index (χ4v) is 6.19. The van der Waals surface area contributed by atoms with Crippen LogP contribution in [0.15, 0.2) is 65.6 Å². The number of aliphatic hydroxyl groups is 1. The van der Waals surface area contributed by atoms with Crippen LogP contribution in [0.4, 0.5) is 10.5 Å². The van der Waals surface area contributed by atoms with Crippen LogP contribution in [0.3, 0.4) is 0 Å². The molecule has 0 spiro atoms. The second kappa shape index (κ2) is 11.3. The van der Waals surface area contributed by atoms with Gasteiger partial charge in [0, 0.05) is 34.6 Å². The number of ether oxygens (including phenoxy) is 1. The Morgan fingerprint density at radius 2 is 1.76 bits per heavy atom. The Hall–Kier alpha value is -3.47. The lowest BCUT2D eigenvalue weighted by Gasteiger charge is -2.37. The average molecular weight is 526 g/mol. The molecule has 4 rings (SSSR count). The summed E-state index contributed by atoms with van der Waals surface area (Å²) >= 11 is 0. The van der Waals surface area contributed by atoms with E-state index in [0.29, 0.717) is 28.4 Å².